The minimum absolute atomic E-state index is 0.00287. The number of alkyl halides is 12. The molecule has 0 aliphatic rings. The lowest BCUT2D eigenvalue weighted by Crippen LogP contribution is -2.11. The molecule has 8 aromatic rings. The standard InChI is InChI=1S/C47H24F12N2/c48-44(49,50)32-17-30(18-33(23-32)45(51,52)53)28-13-15-42-39(21-28)40-22-29(31-19-34(46(54,55)56)24-35(20-31)47(57,58)59)14-16-43(40)61(42)41-8-4-3-7-38(41)37-6-2-1-5-36(37)27-11-9-26(25-60)10-12-27/h1-24H. The molecule has 0 aliphatic heterocycles. The second-order valence-electron chi connectivity index (χ2n) is 14.1. The maximum atomic E-state index is 13.9. The van der Waals surface area contributed by atoms with E-state index in [0.29, 0.717) is 52.1 Å². The number of fused-ring (bicyclic) bond motifs is 3. The molecule has 306 valence electrons. The van der Waals surface area contributed by atoms with Gasteiger partial charge in [-0.2, -0.15) is 57.9 Å². The highest BCUT2D eigenvalue weighted by atomic mass is 19.4. The molecule has 0 bridgehead atoms. The fourth-order valence-corrected chi connectivity index (χ4v) is 7.48. The van der Waals surface area contributed by atoms with Gasteiger partial charge in [-0.1, -0.05) is 66.7 Å². The van der Waals surface area contributed by atoms with E-state index in [1.165, 1.54) is 36.4 Å². The van der Waals surface area contributed by atoms with Gasteiger partial charge in [-0.3, -0.25) is 0 Å². The Morgan fingerprint density at radius 3 is 1.15 bits per heavy atom. The predicted octanol–water partition coefficient (Wildman–Crippen LogP) is 15.4. The lowest BCUT2D eigenvalue weighted by Gasteiger charge is -2.17. The summed E-state index contributed by atoms with van der Waals surface area (Å²) in [5.74, 6) is 0. The summed E-state index contributed by atoms with van der Waals surface area (Å²) in [5, 5.41) is 9.80. The third kappa shape index (κ3) is 7.79. The number of hydrogen-bond acceptors (Lipinski definition) is 1. The van der Waals surface area contributed by atoms with Gasteiger partial charge in [0.2, 0.25) is 0 Å². The summed E-state index contributed by atoms with van der Waals surface area (Å²) >= 11 is 0. The van der Waals surface area contributed by atoms with Crippen LogP contribution in [0, 0.1) is 11.3 Å². The van der Waals surface area contributed by atoms with Crippen molar-refractivity contribution in [3.8, 4) is 56.3 Å². The van der Waals surface area contributed by atoms with Crippen LogP contribution in [0.3, 0.4) is 0 Å². The number of nitrogens with zero attached hydrogens (tertiary/aromatic N) is 2. The molecule has 0 atom stereocenters. The highest BCUT2D eigenvalue weighted by molar-refractivity contribution is 6.12. The first-order valence-electron chi connectivity index (χ1n) is 18.1. The first-order valence-corrected chi connectivity index (χ1v) is 18.1. The smallest absolute Gasteiger partial charge is 0.309 e. The highest BCUT2D eigenvalue weighted by Crippen LogP contribution is 2.45. The number of nitriles is 1. The summed E-state index contributed by atoms with van der Waals surface area (Å²) in [5.41, 5.74) is -2.66. The molecule has 0 aliphatic carbocycles. The van der Waals surface area contributed by atoms with Gasteiger partial charge in [-0.25, -0.2) is 0 Å². The Bertz CT molecular complexity index is 2840. The molecule has 0 saturated carbocycles. The van der Waals surface area contributed by atoms with Crippen molar-refractivity contribution in [2.75, 3.05) is 0 Å². The Balaban J connectivity index is 1.42. The fourth-order valence-electron chi connectivity index (χ4n) is 7.48. The number of halogens is 12. The van der Waals surface area contributed by atoms with Crippen LogP contribution in [0.5, 0.6) is 0 Å². The lowest BCUT2D eigenvalue weighted by atomic mass is 9.93. The van der Waals surface area contributed by atoms with E-state index in [0.717, 1.165) is 16.7 Å². The molecule has 0 spiro atoms. The normalized spacial score (nSPS) is 12.6. The van der Waals surface area contributed by atoms with E-state index in [9.17, 15) is 57.9 Å². The fraction of sp³-hybridized carbons (Fsp3) is 0.0851. The quantitative estimate of drug-likeness (QED) is 0.159. The van der Waals surface area contributed by atoms with Gasteiger partial charge >= 0.3 is 24.7 Å². The van der Waals surface area contributed by atoms with E-state index in [1.54, 1.807) is 53.1 Å². The molecule has 2 nitrogen and oxygen atoms in total. The highest BCUT2D eigenvalue weighted by Gasteiger charge is 2.38. The summed E-state index contributed by atoms with van der Waals surface area (Å²) in [6.07, 6.45) is -20.6. The lowest BCUT2D eigenvalue weighted by molar-refractivity contribution is -0.144. The maximum Gasteiger partial charge on any atom is 0.416 e. The minimum Gasteiger partial charge on any atom is -0.309 e. The zero-order valence-corrected chi connectivity index (χ0v) is 30.8. The Morgan fingerprint density at radius 2 is 0.738 bits per heavy atom. The van der Waals surface area contributed by atoms with E-state index in [-0.39, 0.29) is 34.0 Å². The van der Waals surface area contributed by atoms with Crippen molar-refractivity contribution in [3.05, 3.63) is 173 Å². The summed E-state index contributed by atoms with van der Waals surface area (Å²) < 4.78 is 169. The van der Waals surface area contributed by atoms with Crippen LogP contribution < -0.4 is 0 Å². The van der Waals surface area contributed by atoms with Gasteiger partial charge in [0.1, 0.15) is 0 Å². The summed E-state index contributed by atoms with van der Waals surface area (Å²) in [6.45, 7) is 0. The second-order valence-corrected chi connectivity index (χ2v) is 14.1. The summed E-state index contributed by atoms with van der Waals surface area (Å²) in [4.78, 5) is 0. The average molecular weight is 845 g/mol. The molecule has 0 N–H and O–H groups in total. The van der Waals surface area contributed by atoms with Crippen LogP contribution in [-0.4, -0.2) is 4.57 Å². The predicted molar refractivity (Wildman–Crippen MR) is 207 cm³/mol. The third-order valence-corrected chi connectivity index (χ3v) is 10.3. The number of benzene rings is 7. The number of rotatable bonds is 5. The Labute approximate surface area is 338 Å². The molecule has 14 heteroatoms. The summed E-state index contributed by atoms with van der Waals surface area (Å²) in [6, 6.07) is 34.0. The number of aromatic nitrogens is 1. The van der Waals surface area contributed by atoms with E-state index in [1.807, 2.05) is 24.3 Å². The SMILES string of the molecule is N#Cc1ccc(-c2ccccc2-c2ccccc2-n2c3ccc(-c4cc(C(F)(F)F)cc(C(F)(F)F)c4)cc3c3cc(-c4cc(C(F)(F)F)cc(C(F)(F)F)c4)ccc32)cc1. The van der Waals surface area contributed by atoms with E-state index in [2.05, 4.69) is 6.07 Å². The maximum absolute atomic E-state index is 13.9. The van der Waals surface area contributed by atoms with E-state index >= 15 is 0 Å². The number of para-hydroxylation sites is 1. The molecule has 61 heavy (non-hydrogen) atoms. The molecule has 0 fully saturated rings. The van der Waals surface area contributed by atoms with Crippen molar-refractivity contribution in [1.29, 1.82) is 5.26 Å². The van der Waals surface area contributed by atoms with Crippen molar-refractivity contribution >= 4 is 21.8 Å². The molecule has 1 heterocycles. The second kappa shape index (κ2) is 14.6. The Kier molecular flexibility index (Phi) is 9.77. The Morgan fingerprint density at radius 1 is 0.361 bits per heavy atom. The van der Waals surface area contributed by atoms with Crippen LogP contribution in [0.4, 0.5) is 52.7 Å². The zero-order chi connectivity index (χ0) is 43.6. The summed E-state index contributed by atoms with van der Waals surface area (Å²) in [7, 11) is 0. The Hall–Kier alpha value is -7.01. The molecular weight excluding hydrogens is 821 g/mol. The van der Waals surface area contributed by atoms with Crippen LogP contribution in [0.2, 0.25) is 0 Å². The first kappa shape index (κ1) is 40.8. The topological polar surface area (TPSA) is 28.7 Å². The van der Waals surface area contributed by atoms with Gasteiger partial charge in [0.25, 0.3) is 0 Å². The van der Waals surface area contributed by atoms with Gasteiger partial charge in [0.15, 0.2) is 0 Å². The van der Waals surface area contributed by atoms with Crippen molar-refractivity contribution < 1.29 is 52.7 Å². The van der Waals surface area contributed by atoms with E-state index < -0.39 is 58.1 Å². The largest absolute Gasteiger partial charge is 0.416 e. The van der Waals surface area contributed by atoms with E-state index in [4.69, 9.17) is 0 Å². The van der Waals surface area contributed by atoms with Crippen LogP contribution >= 0.6 is 0 Å². The molecule has 0 radical (unpaired) electrons. The zero-order valence-electron chi connectivity index (χ0n) is 30.8. The van der Waals surface area contributed by atoms with Gasteiger partial charge in [0, 0.05) is 16.3 Å². The molecule has 1 aromatic heterocycles. The molecule has 7 aromatic carbocycles. The van der Waals surface area contributed by atoms with Gasteiger partial charge in [0.05, 0.1) is 50.6 Å². The molecule has 0 amide bonds. The van der Waals surface area contributed by atoms with Crippen LogP contribution in [0.15, 0.2) is 146 Å². The minimum atomic E-state index is -5.15. The van der Waals surface area contributed by atoms with Crippen molar-refractivity contribution in [3.63, 3.8) is 0 Å². The van der Waals surface area contributed by atoms with Crippen LogP contribution in [0.1, 0.15) is 27.8 Å². The first-order chi connectivity index (χ1) is 28.7. The van der Waals surface area contributed by atoms with Crippen LogP contribution in [0.25, 0.3) is 72.0 Å². The van der Waals surface area contributed by atoms with Crippen molar-refractivity contribution in [1.82, 2.24) is 4.57 Å². The molecular formula is C47H24F12N2. The molecule has 0 saturated heterocycles. The average Bonchev–Trinajstić information content (AvgIpc) is 3.55. The van der Waals surface area contributed by atoms with Gasteiger partial charge in [-0.05, 0) is 118 Å². The van der Waals surface area contributed by atoms with Crippen molar-refractivity contribution in [2.45, 2.75) is 24.7 Å². The third-order valence-electron chi connectivity index (χ3n) is 10.3. The molecule has 0 unspecified atom stereocenters. The molecule has 8 rings (SSSR count). The van der Waals surface area contributed by atoms with Crippen LogP contribution in [-0.2, 0) is 24.7 Å². The van der Waals surface area contributed by atoms with Gasteiger partial charge < -0.3 is 4.57 Å². The number of hydrogen-bond donors (Lipinski definition) is 0. The van der Waals surface area contributed by atoms with Crippen molar-refractivity contribution in [2.24, 2.45) is 0 Å². The monoisotopic (exact) mass is 844 g/mol. The van der Waals surface area contributed by atoms with Gasteiger partial charge in [-0.15, -0.1) is 0 Å².